The number of amides is 2. The van der Waals surface area contributed by atoms with Crippen molar-refractivity contribution in [2.24, 2.45) is 5.92 Å². The molecule has 30 heavy (non-hydrogen) atoms. The summed E-state index contributed by atoms with van der Waals surface area (Å²) in [6, 6.07) is 11.6. The van der Waals surface area contributed by atoms with Crippen molar-refractivity contribution < 1.29 is 9.59 Å². The summed E-state index contributed by atoms with van der Waals surface area (Å²) in [5.74, 6) is 1.22. The molecule has 2 aliphatic rings. The van der Waals surface area contributed by atoms with E-state index in [1.807, 2.05) is 48.2 Å². The van der Waals surface area contributed by atoms with Crippen LogP contribution in [0.25, 0.3) is 0 Å². The van der Waals surface area contributed by atoms with Crippen molar-refractivity contribution >= 4 is 23.3 Å². The Hall–Kier alpha value is -2.89. The number of nitrogens with zero attached hydrogens (tertiary/aromatic N) is 3. The van der Waals surface area contributed by atoms with E-state index in [0.717, 1.165) is 61.4 Å². The number of aromatic nitrogens is 1. The maximum absolute atomic E-state index is 12.7. The molecule has 1 aliphatic heterocycles. The van der Waals surface area contributed by atoms with Gasteiger partial charge in [0.2, 0.25) is 5.91 Å². The number of hydrogen-bond donors (Lipinski definition) is 1. The maximum Gasteiger partial charge on any atom is 0.253 e. The average molecular weight is 407 g/mol. The van der Waals surface area contributed by atoms with E-state index in [1.165, 1.54) is 6.42 Å². The monoisotopic (exact) mass is 406 g/mol. The highest BCUT2D eigenvalue weighted by Crippen LogP contribution is 2.25. The molecule has 2 fully saturated rings. The van der Waals surface area contributed by atoms with Crippen LogP contribution in [-0.2, 0) is 4.79 Å². The molecule has 158 valence electrons. The van der Waals surface area contributed by atoms with Gasteiger partial charge in [0, 0.05) is 37.7 Å². The van der Waals surface area contributed by atoms with E-state index >= 15 is 0 Å². The summed E-state index contributed by atoms with van der Waals surface area (Å²) < 4.78 is 0. The van der Waals surface area contributed by atoms with E-state index in [1.54, 1.807) is 6.20 Å². The first-order valence-corrected chi connectivity index (χ1v) is 11.0. The zero-order chi connectivity index (χ0) is 20.9. The number of piperazine rings is 1. The van der Waals surface area contributed by atoms with Gasteiger partial charge in [-0.2, -0.15) is 0 Å². The predicted molar refractivity (Wildman–Crippen MR) is 119 cm³/mol. The second-order valence-corrected chi connectivity index (χ2v) is 8.37. The standard InChI is InChI=1S/C24H30N4O2/c1-18-7-9-20(10-8-18)24(30)28-15-13-27(14-16-28)22-12-11-21(17-25-22)26-23(29)19-5-3-2-4-6-19/h7-12,17,19H,2-6,13-16H2,1H3,(H,26,29). The smallest absolute Gasteiger partial charge is 0.253 e. The minimum atomic E-state index is 0.0865. The van der Waals surface area contributed by atoms with Gasteiger partial charge in [0.15, 0.2) is 0 Å². The van der Waals surface area contributed by atoms with Crippen molar-refractivity contribution in [1.82, 2.24) is 9.88 Å². The van der Waals surface area contributed by atoms with E-state index in [9.17, 15) is 9.59 Å². The van der Waals surface area contributed by atoms with Gasteiger partial charge in [-0.05, 0) is 44.0 Å². The fraction of sp³-hybridized carbons (Fsp3) is 0.458. The molecular formula is C24H30N4O2. The number of aryl methyl sites for hydroxylation is 1. The number of nitrogens with one attached hydrogen (secondary N) is 1. The van der Waals surface area contributed by atoms with Crippen molar-refractivity contribution in [2.75, 3.05) is 36.4 Å². The van der Waals surface area contributed by atoms with Crippen LogP contribution in [0, 0.1) is 12.8 Å². The van der Waals surface area contributed by atoms with Gasteiger partial charge in [0.05, 0.1) is 11.9 Å². The minimum absolute atomic E-state index is 0.0865. The Labute approximate surface area is 178 Å². The van der Waals surface area contributed by atoms with Crippen molar-refractivity contribution in [3.05, 3.63) is 53.7 Å². The van der Waals surface area contributed by atoms with Gasteiger partial charge >= 0.3 is 0 Å². The third-order valence-corrected chi connectivity index (χ3v) is 6.18. The molecule has 4 rings (SSSR count). The number of anilines is 2. The summed E-state index contributed by atoms with van der Waals surface area (Å²) in [5.41, 5.74) is 2.65. The van der Waals surface area contributed by atoms with Gasteiger partial charge in [-0.15, -0.1) is 0 Å². The molecule has 6 heteroatoms. The lowest BCUT2D eigenvalue weighted by atomic mass is 9.88. The highest BCUT2D eigenvalue weighted by Gasteiger charge is 2.23. The van der Waals surface area contributed by atoms with Gasteiger partial charge in [-0.3, -0.25) is 9.59 Å². The van der Waals surface area contributed by atoms with Crippen LogP contribution in [0.4, 0.5) is 11.5 Å². The summed E-state index contributed by atoms with van der Waals surface area (Å²) >= 11 is 0. The first-order chi connectivity index (χ1) is 14.6. The fourth-order valence-electron chi connectivity index (χ4n) is 4.27. The third-order valence-electron chi connectivity index (χ3n) is 6.18. The van der Waals surface area contributed by atoms with Crippen LogP contribution in [0.2, 0.25) is 0 Å². The van der Waals surface area contributed by atoms with Crippen LogP contribution in [0.3, 0.4) is 0 Å². The number of carbonyl (C=O) groups is 2. The molecule has 0 radical (unpaired) electrons. The molecule has 1 N–H and O–H groups in total. The Morgan fingerprint density at radius 2 is 1.63 bits per heavy atom. The molecule has 0 spiro atoms. The normalized spacial score (nSPS) is 17.6. The van der Waals surface area contributed by atoms with Crippen molar-refractivity contribution in [1.29, 1.82) is 0 Å². The number of hydrogen-bond acceptors (Lipinski definition) is 4. The van der Waals surface area contributed by atoms with E-state index in [0.29, 0.717) is 13.1 Å². The summed E-state index contributed by atoms with van der Waals surface area (Å²) in [6.45, 7) is 4.87. The van der Waals surface area contributed by atoms with Crippen molar-refractivity contribution in [2.45, 2.75) is 39.0 Å². The molecular weight excluding hydrogens is 376 g/mol. The molecule has 1 aromatic heterocycles. The summed E-state index contributed by atoms with van der Waals surface area (Å²) in [7, 11) is 0. The van der Waals surface area contributed by atoms with Gasteiger partial charge in [0.1, 0.15) is 5.82 Å². The Morgan fingerprint density at radius 3 is 2.27 bits per heavy atom. The predicted octanol–water partition coefficient (Wildman–Crippen LogP) is 3.87. The van der Waals surface area contributed by atoms with Crippen LogP contribution >= 0.6 is 0 Å². The zero-order valence-electron chi connectivity index (χ0n) is 17.6. The lowest BCUT2D eigenvalue weighted by Crippen LogP contribution is -2.49. The number of rotatable bonds is 4. The van der Waals surface area contributed by atoms with Crippen LogP contribution in [0.5, 0.6) is 0 Å². The summed E-state index contributed by atoms with van der Waals surface area (Å²) in [5, 5.41) is 3.01. The van der Waals surface area contributed by atoms with Crippen LogP contribution < -0.4 is 10.2 Å². The van der Waals surface area contributed by atoms with Gasteiger partial charge < -0.3 is 15.1 Å². The molecule has 1 aliphatic carbocycles. The summed E-state index contributed by atoms with van der Waals surface area (Å²) in [4.78, 5) is 33.7. The maximum atomic E-state index is 12.7. The Bertz CT molecular complexity index is 865. The Balaban J connectivity index is 1.29. The van der Waals surface area contributed by atoms with Crippen molar-refractivity contribution in [3.8, 4) is 0 Å². The van der Waals surface area contributed by atoms with E-state index in [-0.39, 0.29) is 17.7 Å². The van der Waals surface area contributed by atoms with E-state index in [2.05, 4.69) is 15.2 Å². The largest absolute Gasteiger partial charge is 0.353 e. The first-order valence-electron chi connectivity index (χ1n) is 11.0. The van der Waals surface area contributed by atoms with E-state index < -0.39 is 0 Å². The molecule has 2 amide bonds. The minimum Gasteiger partial charge on any atom is -0.353 e. The quantitative estimate of drug-likeness (QED) is 0.837. The number of carbonyl (C=O) groups excluding carboxylic acids is 2. The van der Waals surface area contributed by atoms with E-state index in [4.69, 9.17) is 0 Å². The van der Waals surface area contributed by atoms with Gasteiger partial charge in [0.25, 0.3) is 5.91 Å². The number of pyridine rings is 1. The number of benzene rings is 1. The molecule has 0 bridgehead atoms. The molecule has 2 aromatic rings. The third kappa shape index (κ3) is 4.81. The van der Waals surface area contributed by atoms with Crippen LogP contribution in [0.15, 0.2) is 42.6 Å². The molecule has 2 heterocycles. The van der Waals surface area contributed by atoms with Crippen LogP contribution in [-0.4, -0.2) is 47.9 Å². The van der Waals surface area contributed by atoms with Crippen LogP contribution in [0.1, 0.15) is 48.0 Å². The molecule has 1 saturated heterocycles. The highest BCUT2D eigenvalue weighted by atomic mass is 16.2. The zero-order valence-corrected chi connectivity index (χ0v) is 17.6. The Morgan fingerprint density at radius 1 is 0.933 bits per heavy atom. The Kier molecular flexibility index (Phi) is 6.31. The molecule has 1 saturated carbocycles. The fourth-order valence-corrected chi connectivity index (χ4v) is 4.27. The topological polar surface area (TPSA) is 65.5 Å². The molecule has 1 aromatic carbocycles. The molecule has 0 atom stereocenters. The lowest BCUT2D eigenvalue weighted by Gasteiger charge is -2.35. The van der Waals surface area contributed by atoms with Crippen molar-refractivity contribution in [3.63, 3.8) is 0 Å². The lowest BCUT2D eigenvalue weighted by molar-refractivity contribution is -0.120. The summed E-state index contributed by atoms with van der Waals surface area (Å²) in [6.07, 6.45) is 7.25. The molecule has 6 nitrogen and oxygen atoms in total. The average Bonchev–Trinajstić information content (AvgIpc) is 2.80. The van der Waals surface area contributed by atoms with Gasteiger partial charge in [-0.1, -0.05) is 37.0 Å². The second-order valence-electron chi connectivity index (χ2n) is 8.37. The first kappa shape index (κ1) is 20.4. The highest BCUT2D eigenvalue weighted by molar-refractivity contribution is 5.94. The second kappa shape index (κ2) is 9.28. The van der Waals surface area contributed by atoms with Gasteiger partial charge in [-0.25, -0.2) is 4.98 Å². The molecule has 0 unspecified atom stereocenters. The SMILES string of the molecule is Cc1ccc(C(=O)N2CCN(c3ccc(NC(=O)C4CCCCC4)cn3)CC2)cc1.